The number of aromatic nitrogens is 3. The SMILES string of the molecule is CC(C)(C)c1cnc2cncc(C(N)=O)n12. The number of carbonyl (C=O) groups is 1. The average molecular weight is 218 g/mol. The highest BCUT2D eigenvalue weighted by Gasteiger charge is 2.21. The summed E-state index contributed by atoms with van der Waals surface area (Å²) in [5.74, 6) is -0.499. The number of primary amides is 1. The molecule has 0 aliphatic carbocycles. The number of carbonyl (C=O) groups excluding carboxylic acids is 1. The molecular formula is C11H14N4O. The summed E-state index contributed by atoms with van der Waals surface area (Å²) in [6, 6.07) is 0. The van der Waals surface area contributed by atoms with Gasteiger partial charge in [-0.15, -0.1) is 0 Å². The first-order valence-corrected chi connectivity index (χ1v) is 5.03. The number of imidazole rings is 1. The largest absolute Gasteiger partial charge is 0.364 e. The minimum Gasteiger partial charge on any atom is -0.364 e. The van der Waals surface area contributed by atoms with Gasteiger partial charge in [-0.05, 0) is 0 Å². The Hall–Kier alpha value is -1.91. The number of nitrogens with zero attached hydrogens (tertiary/aromatic N) is 3. The van der Waals surface area contributed by atoms with Crippen LogP contribution in [-0.4, -0.2) is 20.3 Å². The molecule has 1 amide bonds. The molecule has 0 saturated carbocycles. The van der Waals surface area contributed by atoms with Gasteiger partial charge in [0.05, 0.1) is 12.4 Å². The molecule has 0 fully saturated rings. The van der Waals surface area contributed by atoms with Crippen molar-refractivity contribution in [3.05, 3.63) is 30.0 Å². The van der Waals surface area contributed by atoms with E-state index >= 15 is 0 Å². The second kappa shape index (κ2) is 3.30. The minimum absolute atomic E-state index is 0.106. The Morgan fingerprint density at radius 1 is 1.31 bits per heavy atom. The van der Waals surface area contributed by atoms with Crippen LogP contribution in [0.3, 0.4) is 0 Å². The minimum atomic E-state index is -0.499. The van der Waals surface area contributed by atoms with Gasteiger partial charge in [-0.2, -0.15) is 0 Å². The third-order valence-electron chi connectivity index (χ3n) is 2.44. The van der Waals surface area contributed by atoms with Crippen molar-refractivity contribution in [3.8, 4) is 0 Å². The second-order valence-corrected chi connectivity index (χ2v) is 4.74. The lowest BCUT2D eigenvalue weighted by Gasteiger charge is -2.18. The van der Waals surface area contributed by atoms with Crippen LogP contribution in [0.15, 0.2) is 18.6 Å². The van der Waals surface area contributed by atoms with Gasteiger partial charge in [0.25, 0.3) is 5.91 Å². The Balaban J connectivity index is 2.83. The van der Waals surface area contributed by atoms with E-state index in [4.69, 9.17) is 5.73 Å². The average Bonchev–Trinajstić information content (AvgIpc) is 2.59. The first-order chi connectivity index (χ1) is 7.41. The summed E-state index contributed by atoms with van der Waals surface area (Å²) in [5.41, 5.74) is 7.16. The van der Waals surface area contributed by atoms with Crippen molar-refractivity contribution in [2.24, 2.45) is 5.73 Å². The fourth-order valence-electron chi connectivity index (χ4n) is 1.65. The normalized spacial score (nSPS) is 11.9. The molecule has 2 rings (SSSR count). The summed E-state index contributed by atoms with van der Waals surface area (Å²) in [6.07, 6.45) is 4.83. The molecule has 5 heteroatoms. The number of amides is 1. The molecule has 2 N–H and O–H groups in total. The Kier molecular flexibility index (Phi) is 2.18. The van der Waals surface area contributed by atoms with Crippen LogP contribution in [0.25, 0.3) is 5.65 Å². The Morgan fingerprint density at radius 2 is 2.00 bits per heavy atom. The fraction of sp³-hybridized carbons (Fsp3) is 0.364. The Bertz CT molecular complexity index is 551. The summed E-state index contributed by atoms with van der Waals surface area (Å²) >= 11 is 0. The Morgan fingerprint density at radius 3 is 2.56 bits per heavy atom. The molecule has 0 aromatic carbocycles. The Labute approximate surface area is 93.3 Å². The van der Waals surface area contributed by atoms with Crippen LogP contribution in [-0.2, 0) is 5.41 Å². The van der Waals surface area contributed by atoms with E-state index in [0.717, 1.165) is 5.69 Å². The number of rotatable bonds is 1. The topological polar surface area (TPSA) is 73.3 Å². The van der Waals surface area contributed by atoms with Gasteiger partial charge in [-0.1, -0.05) is 20.8 Å². The predicted octanol–water partition coefficient (Wildman–Crippen LogP) is 1.13. The molecule has 2 heterocycles. The summed E-state index contributed by atoms with van der Waals surface area (Å²) in [5, 5.41) is 0. The highest BCUT2D eigenvalue weighted by molar-refractivity contribution is 5.91. The van der Waals surface area contributed by atoms with Gasteiger partial charge in [0, 0.05) is 17.3 Å². The van der Waals surface area contributed by atoms with E-state index in [0.29, 0.717) is 11.3 Å². The monoisotopic (exact) mass is 218 g/mol. The summed E-state index contributed by atoms with van der Waals surface area (Å²) in [4.78, 5) is 19.5. The molecule has 0 atom stereocenters. The molecule has 0 aliphatic heterocycles. The van der Waals surface area contributed by atoms with Crippen molar-refractivity contribution in [1.29, 1.82) is 0 Å². The summed E-state index contributed by atoms with van der Waals surface area (Å²) in [6.45, 7) is 6.17. The number of hydrogen-bond donors (Lipinski definition) is 1. The van der Waals surface area contributed by atoms with Crippen LogP contribution in [0, 0.1) is 0 Å². The van der Waals surface area contributed by atoms with Crippen molar-refractivity contribution in [1.82, 2.24) is 14.4 Å². The van der Waals surface area contributed by atoms with Gasteiger partial charge in [0.2, 0.25) is 0 Å². The first kappa shape index (κ1) is 10.6. The number of nitrogens with two attached hydrogens (primary N) is 1. The quantitative estimate of drug-likeness (QED) is 0.779. The highest BCUT2D eigenvalue weighted by Crippen LogP contribution is 2.23. The van der Waals surface area contributed by atoms with E-state index in [-0.39, 0.29) is 5.41 Å². The van der Waals surface area contributed by atoms with Gasteiger partial charge in [-0.25, -0.2) is 4.98 Å². The van der Waals surface area contributed by atoms with Crippen LogP contribution in [0.5, 0.6) is 0 Å². The fourth-order valence-corrected chi connectivity index (χ4v) is 1.65. The van der Waals surface area contributed by atoms with Crippen LogP contribution >= 0.6 is 0 Å². The molecule has 2 aromatic rings. The van der Waals surface area contributed by atoms with Gasteiger partial charge in [0.15, 0.2) is 5.65 Å². The molecule has 16 heavy (non-hydrogen) atoms. The summed E-state index contributed by atoms with van der Waals surface area (Å²) in [7, 11) is 0. The smallest absolute Gasteiger partial charge is 0.267 e. The molecule has 2 aromatic heterocycles. The van der Waals surface area contributed by atoms with Gasteiger partial charge in [-0.3, -0.25) is 14.2 Å². The second-order valence-electron chi connectivity index (χ2n) is 4.74. The third-order valence-corrected chi connectivity index (χ3v) is 2.44. The van der Waals surface area contributed by atoms with Crippen LogP contribution in [0.2, 0.25) is 0 Å². The van der Waals surface area contributed by atoms with Crippen LogP contribution in [0.1, 0.15) is 37.0 Å². The van der Waals surface area contributed by atoms with Crippen molar-refractivity contribution >= 4 is 11.6 Å². The van der Waals surface area contributed by atoms with E-state index in [2.05, 4.69) is 30.7 Å². The lowest BCUT2D eigenvalue weighted by molar-refractivity contribution is 0.0993. The zero-order valence-corrected chi connectivity index (χ0v) is 9.56. The van der Waals surface area contributed by atoms with Crippen molar-refractivity contribution in [2.75, 3.05) is 0 Å². The first-order valence-electron chi connectivity index (χ1n) is 5.03. The van der Waals surface area contributed by atoms with E-state index in [1.54, 1.807) is 16.8 Å². The maximum Gasteiger partial charge on any atom is 0.267 e. The van der Waals surface area contributed by atoms with Gasteiger partial charge >= 0.3 is 0 Å². The third kappa shape index (κ3) is 1.54. The lowest BCUT2D eigenvalue weighted by Crippen LogP contribution is -2.21. The van der Waals surface area contributed by atoms with E-state index < -0.39 is 5.91 Å². The lowest BCUT2D eigenvalue weighted by atomic mass is 9.93. The van der Waals surface area contributed by atoms with Gasteiger partial charge < -0.3 is 5.73 Å². The van der Waals surface area contributed by atoms with E-state index in [1.165, 1.54) is 6.20 Å². The molecular weight excluding hydrogens is 204 g/mol. The maximum atomic E-state index is 11.3. The number of fused-ring (bicyclic) bond motifs is 1. The highest BCUT2D eigenvalue weighted by atomic mass is 16.1. The zero-order chi connectivity index (χ0) is 11.9. The van der Waals surface area contributed by atoms with Gasteiger partial charge in [0.1, 0.15) is 5.69 Å². The molecule has 5 nitrogen and oxygen atoms in total. The van der Waals surface area contributed by atoms with E-state index in [1.807, 2.05) is 0 Å². The molecule has 0 aliphatic rings. The summed E-state index contributed by atoms with van der Waals surface area (Å²) < 4.78 is 1.76. The van der Waals surface area contributed by atoms with Crippen LogP contribution < -0.4 is 5.73 Å². The molecule has 0 saturated heterocycles. The zero-order valence-electron chi connectivity index (χ0n) is 9.56. The van der Waals surface area contributed by atoms with Crippen molar-refractivity contribution < 1.29 is 4.79 Å². The van der Waals surface area contributed by atoms with Crippen LogP contribution in [0.4, 0.5) is 0 Å². The standard InChI is InChI=1S/C11H14N4O/c1-11(2,3)8-5-14-9-6-13-4-7(10(12)16)15(8)9/h4-6H,1-3H3,(H2,12,16). The van der Waals surface area contributed by atoms with E-state index in [9.17, 15) is 4.79 Å². The molecule has 0 spiro atoms. The van der Waals surface area contributed by atoms with Crippen molar-refractivity contribution in [2.45, 2.75) is 26.2 Å². The molecule has 0 radical (unpaired) electrons. The number of hydrogen-bond acceptors (Lipinski definition) is 3. The van der Waals surface area contributed by atoms with Crippen molar-refractivity contribution in [3.63, 3.8) is 0 Å². The molecule has 84 valence electrons. The maximum absolute atomic E-state index is 11.3. The molecule has 0 unspecified atom stereocenters. The predicted molar refractivity (Wildman–Crippen MR) is 60.2 cm³/mol. The molecule has 0 bridgehead atoms.